The first kappa shape index (κ1) is 22.4. The van der Waals surface area contributed by atoms with Crippen LogP contribution in [0.25, 0.3) is 39.0 Å². The van der Waals surface area contributed by atoms with Crippen LogP contribution in [-0.2, 0) is 16.8 Å². The van der Waals surface area contributed by atoms with E-state index in [4.69, 9.17) is 9.72 Å². The van der Waals surface area contributed by atoms with E-state index in [1.54, 1.807) is 0 Å². The summed E-state index contributed by atoms with van der Waals surface area (Å²) in [4.78, 5) is 17.3. The molecule has 3 heterocycles. The Balaban J connectivity index is 1.66. The van der Waals surface area contributed by atoms with E-state index in [1.165, 1.54) is 23.7 Å². The zero-order valence-corrected chi connectivity index (χ0v) is 21.3. The lowest BCUT2D eigenvalue weighted by Crippen LogP contribution is -2.35. The Morgan fingerprint density at radius 2 is 1.83 bits per heavy atom. The minimum absolute atomic E-state index is 0.238. The summed E-state index contributed by atoms with van der Waals surface area (Å²) in [7, 11) is 1.40. The van der Waals surface area contributed by atoms with Crippen LogP contribution in [0.5, 0.6) is 0 Å². The van der Waals surface area contributed by atoms with Gasteiger partial charge in [-0.05, 0) is 62.2 Å². The number of fused-ring (bicyclic) bond motifs is 6. The van der Waals surface area contributed by atoms with Crippen molar-refractivity contribution in [3.63, 3.8) is 0 Å². The van der Waals surface area contributed by atoms with Gasteiger partial charge in [0.15, 0.2) is 0 Å². The van der Waals surface area contributed by atoms with Crippen LogP contribution in [0.4, 0.5) is 5.69 Å². The summed E-state index contributed by atoms with van der Waals surface area (Å²) < 4.78 is 9.62. The third-order valence-electron chi connectivity index (χ3n) is 7.02. The number of para-hydroxylation sites is 2. The molecule has 1 N–H and O–H groups in total. The SMILES string of the molecule is COC(=O)c1ccc2c(c1)nc(-c1cccc3c1-n1c(cc4ccccc41)C(C)(C)N3)n2CC(C)C. The molecule has 182 valence electrons. The molecule has 6 rings (SSSR count). The number of rotatable bonds is 4. The molecule has 2 aromatic heterocycles. The number of anilines is 1. The highest BCUT2D eigenvalue weighted by atomic mass is 16.5. The largest absolute Gasteiger partial charge is 0.465 e. The quantitative estimate of drug-likeness (QED) is 0.290. The van der Waals surface area contributed by atoms with E-state index in [9.17, 15) is 4.79 Å². The van der Waals surface area contributed by atoms with Gasteiger partial charge in [0.2, 0.25) is 0 Å². The molecule has 0 aliphatic carbocycles. The van der Waals surface area contributed by atoms with Gasteiger partial charge in [0.25, 0.3) is 0 Å². The van der Waals surface area contributed by atoms with E-state index in [0.717, 1.165) is 40.3 Å². The molecular weight excluding hydrogens is 448 g/mol. The van der Waals surface area contributed by atoms with Gasteiger partial charge in [-0.15, -0.1) is 0 Å². The summed E-state index contributed by atoms with van der Waals surface area (Å²) in [6.07, 6.45) is 0. The Kier molecular flexibility index (Phi) is 4.97. The first-order valence-corrected chi connectivity index (χ1v) is 12.4. The molecule has 1 aliphatic heterocycles. The van der Waals surface area contributed by atoms with Crippen molar-refractivity contribution < 1.29 is 9.53 Å². The predicted molar refractivity (Wildman–Crippen MR) is 145 cm³/mol. The lowest BCUT2D eigenvalue weighted by Gasteiger charge is -2.36. The highest BCUT2D eigenvalue weighted by Crippen LogP contribution is 2.45. The minimum atomic E-state index is -0.358. The smallest absolute Gasteiger partial charge is 0.337 e. The highest BCUT2D eigenvalue weighted by molar-refractivity contribution is 5.96. The molecule has 0 saturated heterocycles. The van der Waals surface area contributed by atoms with Crippen molar-refractivity contribution in [3.05, 3.63) is 78.0 Å². The van der Waals surface area contributed by atoms with Crippen molar-refractivity contribution in [1.82, 2.24) is 14.1 Å². The number of methoxy groups -OCH3 is 1. The third kappa shape index (κ3) is 3.32. The average Bonchev–Trinajstić information content (AvgIpc) is 3.42. The number of esters is 1. The van der Waals surface area contributed by atoms with Gasteiger partial charge >= 0.3 is 5.97 Å². The van der Waals surface area contributed by atoms with Gasteiger partial charge in [0.05, 0.1) is 46.1 Å². The Labute approximate surface area is 210 Å². The first-order valence-electron chi connectivity index (χ1n) is 12.4. The zero-order chi connectivity index (χ0) is 25.2. The van der Waals surface area contributed by atoms with Crippen molar-refractivity contribution in [2.45, 2.75) is 39.8 Å². The zero-order valence-electron chi connectivity index (χ0n) is 21.3. The number of benzene rings is 3. The molecule has 36 heavy (non-hydrogen) atoms. The number of nitrogens with one attached hydrogen (secondary N) is 1. The van der Waals surface area contributed by atoms with E-state index < -0.39 is 0 Å². The number of carbonyl (C=O) groups excluding carboxylic acids is 1. The van der Waals surface area contributed by atoms with Crippen molar-refractivity contribution >= 4 is 33.6 Å². The Bertz CT molecular complexity index is 1650. The monoisotopic (exact) mass is 478 g/mol. The third-order valence-corrected chi connectivity index (χ3v) is 7.02. The maximum atomic E-state index is 12.2. The van der Waals surface area contributed by atoms with Gasteiger partial charge in [-0.25, -0.2) is 9.78 Å². The van der Waals surface area contributed by atoms with Crippen LogP contribution in [0.2, 0.25) is 0 Å². The molecule has 0 unspecified atom stereocenters. The number of hydrogen-bond donors (Lipinski definition) is 1. The van der Waals surface area contributed by atoms with Crippen LogP contribution in [-0.4, -0.2) is 27.2 Å². The van der Waals surface area contributed by atoms with Crippen molar-refractivity contribution in [2.24, 2.45) is 5.92 Å². The number of ether oxygens (including phenoxy) is 1. The second-order valence-electron chi connectivity index (χ2n) is 10.5. The van der Waals surface area contributed by atoms with Gasteiger partial charge in [-0.2, -0.15) is 0 Å². The number of aromatic nitrogens is 3. The molecule has 5 aromatic rings. The molecular formula is C30H30N4O2. The van der Waals surface area contributed by atoms with Crippen molar-refractivity contribution in [2.75, 3.05) is 12.4 Å². The van der Waals surface area contributed by atoms with Crippen LogP contribution >= 0.6 is 0 Å². The molecule has 0 atom stereocenters. The number of imidazole rings is 1. The second kappa shape index (κ2) is 7.98. The fourth-order valence-corrected chi connectivity index (χ4v) is 5.45. The molecule has 1 aliphatic rings. The van der Waals surface area contributed by atoms with Gasteiger partial charge in [0.1, 0.15) is 5.82 Å². The standard InChI is InChI=1S/C30H30N4O2/c1-18(2)17-33-25-14-13-20(29(35)36-5)15-23(25)31-28(33)21-10-8-11-22-27(21)34-24-12-7-6-9-19(24)16-26(34)30(3,4)32-22/h6-16,18,32H,17H2,1-5H3. The van der Waals surface area contributed by atoms with Crippen LogP contribution in [0.1, 0.15) is 43.7 Å². The Hall–Kier alpha value is -4.06. The lowest BCUT2D eigenvalue weighted by atomic mass is 9.95. The molecule has 6 heteroatoms. The fraction of sp³-hybridized carbons (Fsp3) is 0.267. The molecule has 0 radical (unpaired) electrons. The molecule has 0 fully saturated rings. The summed E-state index contributed by atoms with van der Waals surface area (Å²) in [5, 5.41) is 4.98. The van der Waals surface area contributed by atoms with Crippen LogP contribution < -0.4 is 5.32 Å². The second-order valence-corrected chi connectivity index (χ2v) is 10.5. The van der Waals surface area contributed by atoms with Gasteiger partial charge < -0.3 is 19.2 Å². The summed E-state index contributed by atoms with van der Waals surface area (Å²) in [6.45, 7) is 9.66. The van der Waals surface area contributed by atoms with Gasteiger partial charge in [0, 0.05) is 23.2 Å². The first-order chi connectivity index (χ1) is 17.3. The average molecular weight is 479 g/mol. The van der Waals surface area contributed by atoms with E-state index in [2.05, 4.69) is 90.7 Å². The number of carbonyl (C=O) groups is 1. The summed E-state index contributed by atoms with van der Waals surface area (Å²) >= 11 is 0. The van der Waals surface area contributed by atoms with E-state index in [0.29, 0.717) is 11.5 Å². The molecule has 0 spiro atoms. The maximum Gasteiger partial charge on any atom is 0.337 e. The van der Waals surface area contributed by atoms with E-state index in [-0.39, 0.29) is 11.5 Å². The normalized spacial score (nSPS) is 14.1. The van der Waals surface area contributed by atoms with E-state index in [1.807, 2.05) is 18.2 Å². The molecule has 0 saturated carbocycles. The predicted octanol–water partition coefficient (Wildman–Crippen LogP) is 6.75. The van der Waals surface area contributed by atoms with Crippen molar-refractivity contribution in [1.29, 1.82) is 0 Å². The Morgan fingerprint density at radius 1 is 1.03 bits per heavy atom. The maximum absolute atomic E-state index is 12.2. The van der Waals surface area contributed by atoms with Gasteiger partial charge in [-0.3, -0.25) is 0 Å². The number of hydrogen-bond acceptors (Lipinski definition) is 4. The summed E-state index contributed by atoms with van der Waals surface area (Å²) in [6, 6.07) is 22.8. The molecule has 0 amide bonds. The van der Waals surface area contributed by atoms with Crippen LogP contribution in [0.15, 0.2) is 66.7 Å². The summed E-state index contributed by atoms with van der Waals surface area (Å²) in [5.74, 6) is 0.952. The topological polar surface area (TPSA) is 61.1 Å². The Morgan fingerprint density at radius 3 is 2.61 bits per heavy atom. The summed E-state index contributed by atoms with van der Waals surface area (Å²) in [5.41, 5.74) is 7.67. The number of nitrogens with zero attached hydrogens (tertiary/aromatic N) is 3. The molecule has 0 bridgehead atoms. The lowest BCUT2D eigenvalue weighted by molar-refractivity contribution is 0.0601. The van der Waals surface area contributed by atoms with Gasteiger partial charge in [-0.1, -0.05) is 38.1 Å². The highest BCUT2D eigenvalue weighted by Gasteiger charge is 2.34. The minimum Gasteiger partial charge on any atom is -0.465 e. The van der Waals surface area contributed by atoms with E-state index >= 15 is 0 Å². The van der Waals surface area contributed by atoms with Crippen LogP contribution in [0.3, 0.4) is 0 Å². The molecule has 6 nitrogen and oxygen atoms in total. The molecule has 3 aromatic carbocycles. The van der Waals surface area contributed by atoms with Crippen molar-refractivity contribution in [3.8, 4) is 17.1 Å². The fourth-order valence-electron chi connectivity index (χ4n) is 5.45. The van der Waals surface area contributed by atoms with Crippen LogP contribution in [0, 0.1) is 5.92 Å².